The molecule has 3 heteroatoms. The Balaban J connectivity index is 2.08. The van der Waals surface area contributed by atoms with Gasteiger partial charge in [0.05, 0.1) is 0 Å². The molecule has 4 rings (SSSR count). The molecule has 1 aliphatic rings. The fourth-order valence-corrected chi connectivity index (χ4v) is 3.38. The Kier molecular flexibility index (Phi) is 2.37. The third kappa shape index (κ3) is 1.67. The van der Waals surface area contributed by atoms with Crippen LogP contribution in [0.2, 0.25) is 0 Å². The van der Waals surface area contributed by atoms with E-state index in [-0.39, 0.29) is 5.78 Å². The molecule has 0 radical (unpaired) electrons. The van der Waals surface area contributed by atoms with Crippen molar-refractivity contribution < 1.29 is 4.79 Å². The van der Waals surface area contributed by atoms with Gasteiger partial charge in [0, 0.05) is 33.1 Å². The second-order valence-electron chi connectivity index (χ2n) is 6.01. The van der Waals surface area contributed by atoms with Gasteiger partial charge in [0.1, 0.15) is 0 Å². The first-order chi connectivity index (χ1) is 10.0. The van der Waals surface area contributed by atoms with Gasteiger partial charge in [-0.1, -0.05) is 6.92 Å². The highest BCUT2D eigenvalue weighted by Crippen LogP contribution is 2.37. The predicted octanol–water partition coefficient (Wildman–Crippen LogP) is 4.40. The van der Waals surface area contributed by atoms with Crippen LogP contribution < -0.4 is 0 Å². The lowest BCUT2D eigenvalue weighted by atomic mass is 10.0. The molecule has 1 unspecified atom stereocenters. The van der Waals surface area contributed by atoms with Crippen LogP contribution in [0, 0.1) is 5.41 Å². The van der Waals surface area contributed by atoms with Crippen molar-refractivity contribution in [1.29, 1.82) is 5.41 Å². The van der Waals surface area contributed by atoms with Crippen molar-refractivity contribution in [3.05, 3.63) is 47.0 Å². The molecule has 2 aromatic carbocycles. The van der Waals surface area contributed by atoms with E-state index in [1.54, 1.807) is 6.92 Å². The van der Waals surface area contributed by atoms with Gasteiger partial charge >= 0.3 is 0 Å². The summed E-state index contributed by atoms with van der Waals surface area (Å²) in [7, 11) is 0. The summed E-state index contributed by atoms with van der Waals surface area (Å²) in [5, 5.41) is 10.3. The molecule has 104 valence electrons. The number of benzene rings is 2. The molecule has 1 atom stereocenters. The Hall–Kier alpha value is -2.42. The van der Waals surface area contributed by atoms with Crippen molar-refractivity contribution >= 4 is 33.3 Å². The molecule has 0 saturated heterocycles. The van der Waals surface area contributed by atoms with E-state index >= 15 is 0 Å². The van der Waals surface area contributed by atoms with Crippen molar-refractivity contribution in [3.63, 3.8) is 0 Å². The number of rotatable bonds is 1. The SMILES string of the molecule is CC(=O)c1ccc2[nH]c3cc4c(cc3c2c1)C(=N)CC4C. The first kappa shape index (κ1) is 12.3. The van der Waals surface area contributed by atoms with Crippen molar-refractivity contribution in [2.24, 2.45) is 0 Å². The van der Waals surface area contributed by atoms with Crippen LogP contribution >= 0.6 is 0 Å². The number of fused-ring (bicyclic) bond motifs is 4. The summed E-state index contributed by atoms with van der Waals surface area (Å²) in [6.07, 6.45) is 0.818. The Morgan fingerprint density at radius 3 is 2.71 bits per heavy atom. The van der Waals surface area contributed by atoms with E-state index in [1.165, 1.54) is 5.56 Å². The highest BCUT2D eigenvalue weighted by Gasteiger charge is 2.24. The van der Waals surface area contributed by atoms with Gasteiger partial charge in [0.2, 0.25) is 0 Å². The Labute approximate surface area is 122 Å². The number of hydrogen-bond acceptors (Lipinski definition) is 2. The van der Waals surface area contributed by atoms with Crippen LogP contribution in [-0.2, 0) is 0 Å². The van der Waals surface area contributed by atoms with Gasteiger partial charge in [-0.25, -0.2) is 0 Å². The topological polar surface area (TPSA) is 56.7 Å². The molecule has 21 heavy (non-hydrogen) atoms. The van der Waals surface area contributed by atoms with E-state index in [0.717, 1.165) is 45.1 Å². The number of aromatic nitrogens is 1. The minimum atomic E-state index is 0.0776. The molecular formula is C18H16N2O. The maximum atomic E-state index is 11.6. The lowest BCUT2D eigenvalue weighted by Crippen LogP contribution is -1.91. The molecule has 3 nitrogen and oxygen atoms in total. The highest BCUT2D eigenvalue weighted by molar-refractivity contribution is 6.14. The number of aromatic amines is 1. The van der Waals surface area contributed by atoms with Crippen LogP contribution in [0.1, 0.15) is 47.7 Å². The Bertz CT molecular complexity index is 933. The third-order valence-corrected chi connectivity index (χ3v) is 4.54. The zero-order valence-electron chi connectivity index (χ0n) is 12.1. The smallest absolute Gasteiger partial charge is 0.159 e. The average Bonchev–Trinajstić information content (AvgIpc) is 2.94. The van der Waals surface area contributed by atoms with Crippen LogP contribution in [-0.4, -0.2) is 16.5 Å². The third-order valence-electron chi connectivity index (χ3n) is 4.54. The molecular weight excluding hydrogens is 260 g/mol. The quantitative estimate of drug-likeness (QED) is 0.636. The van der Waals surface area contributed by atoms with Crippen molar-refractivity contribution in [1.82, 2.24) is 4.98 Å². The maximum Gasteiger partial charge on any atom is 0.159 e. The van der Waals surface area contributed by atoms with Gasteiger partial charge in [0.15, 0.2) is 5.78 Å². The summed E-state index contributed by atoms with van der Waals surface area (Å²) in [6, 6.07) is 10.1. The molecule has 1 aliphatic carbocycles. The van der Waals surface area contributed by atoms with Gasteiger partial charge in [-0.05, 0) is 60.7 Å². The minimum absolute atomic E-state index is 0.0776. The number of ketones is 1. The normalized spacial score (nSPS) is 17.6. The second kappa shape index (κ2) is 4.04. The summed E-state index contributed by atoms with van der Waals surface area (Å²) in [5.41, 5.74) is 5.89. The maximum absolute atomic E-state index is 11.6. The van der Waals surface area contributed by atoms with Crippen LogP contribution in [0.15, 0.2) is 30.3 Å². The lowest BCUT2D eigenvalue weighted by Gasteiger charge is -2.03. The standard InChI is InChI=1S/C18H16N2O/c1-9-5-16(19)13-7-15-14-6-11(10(2)21)3-4-17(14)20-18(15)8-12(9)13/h3-4,6-9,19-20H,5H2,1-2H3. The number of carbonyl (C=O) groups excluding carboxylic acids is 1. The largest absolute Gasteiger partial charge is 0.355 e. The zero-order valence-corrected chi connectivity index (χ0v) is 12.1. The first-order valence-corrected chi connectivity index (χ1v) is 7.22. The highest BCUT2D eigenvalue weighted by atomic mass is 16.1. The molecule has 0 fully saturated rings. The molecule has 0 saturated carbocycles. The van der Waals surface area contributed by atoms with E-state index in [4.69, 9.17) is 5.41 Å². The fourth-order valence-electron chi connectivity index (χ4n) is 3.38. The number of Topliss-reactive ketones (excluding diaryl/α,β-unsaturated/α-hetero) is 1. The summed E-state index contributed by atoms with van der Waals surface area (Å²) in [6.45, 7) is 3.76. The van der Waals surface area contributed by atoms with Crippen molar-refractivity contribution in [2.45, 2.75) is 26.2 Å². The molecule has 1 heterocycles. The summed E-state index contributed by atoms with van der Waals surface area (Å²) < 4.78 is 0. The Morgan fingerprint density at radius 1 is 1.19 bits per heavy atom. The van der Waals surface area contributed by atoms with Crippen LogP contribution in [0.3, 0.4) is 0 Å². The summed E-state index contributed by atoms with van der Waals surface area (Å²) >= 11 is 0. The van der Waals surface area contributed by atoms with E-state index in [1.807, 2.05) is 18.2 Å². The molecule has 3 aromatic rings. The predicted molar refractivity (Wildman–Crippen MR) is 85.7 cm³/mol. The first-order valence-electron chi connectivity index (χ1n) is 7.22. The van der Waals surface area contributed by atoms with Crippen LogP contribution in [0.25, 0.3) is 21.8 Å². The van der Waals surface area contributed by atoms with Gasteiger partial charge in [0.25, 0.3) is 0 Å². The average molecular weight is 276 g/mol. The van der Waals surface area contributed by atoms with Gasteiger partial charge < -0.3 is 10.4 Å². The van der Waals surface area contributed by atoms with E-state index < -0.39 is 0 Å². The van der Waals surface area contributed by atoms with Crippen molar-refractivity contribution in [2.75, 3.05) is 0 Å². The zero-order chi connectivity index (χ0) is 14.7. The number of hydrogen-bond donors (Lipinski definition) is 2. The van der Waals surface area contributed by atoms with Crippen molar-refractivity contribution in [3.8, 4) is 0 Å². The van der Waals surface area contributed by atoms with E-state index in [9.17, 15) is 4.79 Å². The van der Waals surface area contributed by atoms with E-state index in [2.05, 4.69) is 24.0 Å². The molecule has 1 aromatic heterocycles. The minimum Gasteiger partial charge on any atom is -0.355 e. The lowest BCUT2D eigenvalue weighted by molar-refractivity contribution is 0.101. The number of nitrogens with one attached hydrogen (secondary N) is 2. The molecule has 2 N–H and O–H groups in total. The van der Waals surface area contributed by atoms with Gasteiger partial charge in [-0.15, -0.1) is 0 Å². The number of carbonyl (C=O) groups is 1. The molecule has 0 amide bonds. The van der Waals surface area contributed by atoms with E-state index in [0.29, 0.717) is 5.92 Å². The summed E-state index contributed by atoms with van der Waals surface area (Å²) in [5.74, 6) is 0.491. The number of H-pyrrole nitrogens is 1. The van der Waals surface area contributed by atoms with Crippen LogP contribution in [0.5, 0.6) is 0 Å². The second-order valence-corrected chi connectivity index (χ2v) is 6.01. The van der Waals surface area contributed by atoms with Crippen LogP contribution in [0.4, 0.5) is 0 Å². The molecule has 0 bridgehead atoms. The molecule has 0 aliphatic heterocycles. The fraction of sp³-hybridized carbons (Fsp3) is 0.222. The molecule has 0 spiro atoms. The van der Waals surface area contributed by atoms with Gasteiger partial charge in [-0.3, -0.25) is 4.79 Å². The Morgan fingerprint density at radius 2 is 1.95 bits per heavy atom. The summed E-state index contributed by atoms with van der Waals surface area (Å²) in [4.78, 5) is 15.0. The van der Waals surface area contributed by atoms with Gasteiger partial charge in [-0.2, -0.15) is 0 Å². The monoisotopic (exact) mass is 276 g/mol.